The highest BCUT2D eigenvalue weighted by molar-refractivity contribution is 5.35. The van der Waals surface area contributed by atoms with Gasteiger partial charge in [0, 0.05) is 5.56 Å². The van der Waals surface area contributed by atoms with Crippen LogP contribution in [-0.2, 0) is 0 Å². The van der Waals surface area contributed by atoms with Gasteiger partial charge in [-0.05, 0) is 19.9 Å². The molecule has 0 aromatic heterocycles. The average molecular weight is 234 g/mol. The van der Waals surface area contributed by atoms with Crippen LogP contribution in [0.15, 0.2) is 24.3 Å². The standard InChI is InChI=1S/C11H13F3O2/c1-7(2)16-9-6-4-3-5-8(9)10(15)11(12,13)14/h3-7,10,15H,1-2H3/t10-/m1/s1. The summed E-state index contributed by atoms with van der Waals surface area (Å²) < 4.78 is 42.2. The summed E-state index contributed by atoms with van der Waals surface area (Å²) in [6.45, 7) is 3.41. The van der Waals surface area contributed by atoms with E-state index in [1.807, 2.05) is 0 Å². The Bertz CT molecular complexity index is 347. The molecule has 0 radical (unpaired) electrons. The lowest BCUT2D eigenvalue weighted by atomic mass is 10.1. The molecule has 2 nitrogen and oxygen atoms in total. The molecule has 0 spiro atoms. The van der Waals surface area contributed by atoms with Gasteiger partial charge in [-0.3, -0.25) is 0 Å². The maximum Gasteiger partial charge on any atom is 0.418 e. The molecule has 1 rings (SSSR count). The van der Waals surface area contributed by atoms with Crippen LogP contribution in [-0.4, -0.2) is 17.4 Å². The van der Waals surface area contributed by atoms with Gasteiger partial charge in [0.2, 0.25) is 0 Å². The van der Waals surface area contributed by atoms with Crippen LogP contribution in [0.25, 0.3) is 0 Å². The third kappa shape index (κ3) is 3.13. The van der Waals surface area contributed by atoms with Crippen LogP contribution in [0.3, 0.4) is 0 Å². The summed E-state index contributed by atoms with van der Waals surface area (Å²) in [6.07, 6.45) is -7.44. The molecule has 1 atom stereocenters. The van der Waals surface area contributed by atoms with Gasteiger partial charge in [0.25, 0.3) is 0 Å². The zero-order chi connectivity index (χ0) is 12.3. The van der Waals surface area contributed by atoms with E-state index in [0.717, 1.165) is 0 Å². The van der Waals surface area contributed by atoms with Crippen molar-refractivity contribution in [3.05, 3.63) is 29.8 Å². The first-order valence-electron chi connectivity index (χ1n) is 4.82. The van der Waals surface area contributed by atoms with E-state index in [-0.39, 0.29) is 17.4 Å². The number of hydrogen-bond acceptors (Lipinski definition) is 2. The first-order chi connectivity index (χ1) is 7.32. The van der Waals surface area contributed by atoms with E-state index in [9.17, 15) is 13.2 Å². The van der Waals surface area contributed by atoms with Gasteiger partial charge in [0.1, 0.15) is 5.75 Å². The number of rotatable bonds is 3. The number of aliphatic hydroxyl groups is 1. The Kier molecular flexibility index (Phi) is 3.80. The van der Waals surface area contributed by atoms with E-state index < -0.39 is 12.3 Å². The molecule has 16 heavy (non-hydrogen) atoms. The first kappa shape index (κ1) is 12.8. The van der Waals surface area contributed by atoms with Crippen LogP contribution >= 0.6 is 0 Å². The maximum atomic E-state index is 12.3. The Hall–Kier alpha value is -1.23. The van der Waals surface area contributed by atoms with Crippen molar-refractivity contribution in [2.45, 2.75) is 32.2 Å². The molecule has 1 aromatic rings. The van der Waals surface area contributed by atoms with E-state index in [2.05, 4.69) is 0 Å². The molecule has 0 aliphatic carbocycles. The van der Waals surface area contributed by atoms with Crippen LogP contribution in [0.5, 0.6) is 5.75 Å². The third-order valence-corrected chi connectivity index (χ3v) is 1.89. The van der Waals surface area contributed by atoms with E-state index in [1.54, 1.807) is 19.9 Å². The molecular formula is C11H13F3O2. The Balaban J connectivity index is 3.03. The average Bonchev–Trinajstić information content (AvgIpc) is 2.15. The molecule has 0 saturated carbocycles. The van der Waals surface area contributed by atoms with Crippen molar-refractivity contribution in [2.24, 2.45) is 0 Å². The molecule has 0 saturated heterocycles. The molecule has 0 fully saturated rings. The second kappa shape index (κ2) is 4.74. The Labute approximate surface area is 91.7 Å². The van der Waals surface area contributed by atoms with Crippen molar-refractivity contribution in [1.82, 2.24) is 0 Å². The minimum absolute atomic E-state index is 0.0577. The van der Waals surface area contributed by atoms with Gasteiger partial charge in [-0.25, -0.2) is 0 Å². The van der Waals surface area contributed by atoms with Gasteiger partial charge in [-0.1, -0.05) is 18.2 Å². The summed E-state index contributed by atoms with van der Waals surface area (Å²) in [5.74, 6) is 0.0577. The zero-order valence-corrected chi connectivity index (χ0v) is 8.95. The van der Waals surface area contributed by atoms with Crippen molar-refractivity contribution >= 4 is 0 Å². The fourth-order valence-electron chi connectivity index (χ4n) is 1.24. The van der Waals surface area contributed by atoms with Crippen LogP contribution in [0.1, 0.15) is 25.5 Å². The second-order valence-corrected chi connectivity index (χ2v) is 3.65. The zero-order valence-electron chi connectivity index (χ0n) is 8.95. The number of benzene rings is 1. The summed E-state index contributed by atoms with van der Waals surface area (Å²) in [6, 6.07) is 5.60. The van der Waals surface area contributed by atoms with E-state index >= 15 is 0 Å². The van der Waals surface area contributed by atoms with Crippen molar-refractivity contribution in [1.29, 1.82) is 0 Å². The molecule has 90 valence electrons. The van der Waals surface area contributed by atoms with E-state index in [4.69, 9.17) is 9.84 Å². The molecular weight excluding hydrogens is 221 g/mol. The smallest absolute Gasteiger partial charge is 0.418 e. The predicted octanol–water partition coefficient (Wildman–Crippen LogP) is 3.07. The van der Waals surface area contributed by atoms with Crippen LogP contribution in [0, 0.1) is 0 Å². The van der Waals surface area contributed by atoms with Crippen molar-refractivity contribution in [2.75, 3.05) is 0 Å². The van der Waals surface area contributed by atoms with Crippen LogP contribution < -0.4 is 4.74 Å². The van der Waals surface area contributed by atoms with Crippen molar-refractivity contribution in [3.63, 3.8) is 0 Å². The van der Waals surface area contributed by atoms with E-state index in [1.165, 1.54) is 18.2 Å². The summed E-state index contributed by atoms with van der Waals surface area (Å²) in [5.41, 5.74) is -0.260. The first-order valence-corrected chi connectivity index (χ1v) is 4.82. The second-order valence-electron chi connectivity index (χ2n) is 3.65. The number of halogens is 3. The molecule has 1 aromatic carbocycles. The molecule has 0 aliphatic heterocycles. The van der Waals surface area contributed by atoms with Gasteiger partial charge in [0.05, 0.1) is 6.10 Å². The minimum atomic E-state index is -4.68. The monoisotopic (exact) mass is 234 g/mol. The summed E-state index contributed by atoms with van der Waals surface area (Å²) in [5, 5.41) is 9.15. The Morgan fingerprint density at radius 2 is 1.75 bits per heavy atom. The quantitative estimate of drug-likeness (QED) is 0.870. The van der Waals surface area contributed by atoms with Crippen molar-refractivity contribution < 1.29 is 23.0 Å². The Morgan fingerprint density at radius 3 is 2.25 bits per heavy atom. The topological polar surface area (TPSA) is 29.5 Å². The largest absolute Gasteiger partial charge is 0.491 e. The van der Waals surface area contributed by atoms with Crippen LogP contribution in [0.4, 0.5) is 13.2 Å². The third-order valence-electron chi connectivity index (χ3n) is 1.89. The lowest BCUT2D eigenvalue weighted by Crippen LogP contribution is -2.21. The summed E-state index contributed by atoms with van der Waals surface area (Å²) in [4.78, 5) is 0. The molecule has 0 heterocycles. The fourth-order valence-corrected chi connectivity index (χ4v) is 1.24. The SMILES string of the molecule is CC(C)Oc1ccccc1[C@@H](O)C(F)(F)F. The van der Waals surface area contributed by atoms with E-state index in [0.29, 0.717) is 0 Å². The molecule has 1 N–H and O–H groups in total. The highest BCUT2D eigenvalue weighted by Gasteiger charge is 2.40. The van der Waals surface area contributed by atoms with Gasteiger partial charge < -0.3 is 9.84 Å². The normalized spacial score (nSPS) is 13.9. The number of ether oxygens (including phenoxy) is 1. The highest BCUT2D eigenvalue weighted by Crippen LogP contribution is 2.37. The molecule has 0 unspecified atom stereocenters. The van der Waals surface area contributed by atoms with Gasteiger partial charge >= 0.3 is 6.18 Å². The maximum absolute atomic E-state index is 12.3. The highest BCUT2D eigenvalue weighted by atomic mass is 19.4. The lowest BCUT2D eigenvalue weighted by molar-refractivity contribution is -0.207. The van der Waals surface area contributed by atoms with Gasteiger partial charge in [0.15, 0.2) is 6.10 Å². The number of alkyl halides is 3. The number of para-hydroxylation sites is 1. The molecule has 5 heteroatoms. The molecule has 0 aliphatic rings. The fraction of sp³-hybridized carbons (Fsp3) is 0.455. The van der Waals surface area contributed by atoms with Crippen LogP contribution in [0.2, 0.25) is 0 Å². The predicted molar refractivity (Wildman–Crippen MR) is 53.2 cm³/mol. The number of aliphatic hydroxyl groups excluding tert-OH is 1. The summed E-state index contributed by atoms with van der Waals surface area (Å²) >= 11 is 0. The lowest BCUT2D eigenvalue weighted by Gasteiger charge is -2.19. The summed E-state index contributed by atoms with van der Waals surface area (Å²) in [7, 11) is 0. The Morgan fingerprint density at radius 1 is 1.19 bits per heavy atom. The minimum Gasteiger partial charge on any atom is -0.491 e. The molecule has 0 bridgehead atoms. The van der Waals surface area contributed by atoms with Gasteiger partial charge in [-0.2, -0.15) is 13.2 Å². The van der Waals surface area contributed by atoms with Crippen molar-refractivity contribution in [3.8, 4) is 5.75 Å². The number of hydrogen-bond donors (Lipinski definition) is 1. The van der Waals surface area contributed by atoms with Gasteiger partial charge in [-0.15, -0.1) is 0 Å². The molecule has 0 amide bonds.